The number of rotatable bonds is 3. The van der Waals surface area contributed by atoms with Crippen molar-refractivity contribution in [3.63, 3.8) is 0 Å². The highest BCUT2D eigenvalue weighted by molar-refractivity contribution is 6.37. The molecule has 2 aromatic carbocycles. The Labute approximate surface area is 117 Å². The number of hydrogen-bond acceptors (Lipinski definition) is 3. The SMILES string of the molecule is CCOC(=O)C(=O)Nc1ccccc1-c1ccccc1. The summed E-state index contributed by atoms with van der Waals surface area (Å²) in [4.78, 5) is 23.1. The lowest BCUT2D eigenvalue weighted by molar-refractivity contribution is -0.152. The number of amides is 1. The minimum Gasteiger partial charge on any atom is -0.459 e. The van der Waals surface area contributed by atoms with E-state index in [4.69, 9.17) is 0 Å². The van der Waals surface area contributed by atoms with Crippen molar-refractivity contribution in [3.05, 3.63) is 54.6 Å². The standard InChI is InChI=1S/C16H15NO3/c1-2-20-16(19)15(18)17-14-11-7-6-10-13(14)12-8-4-3-5-9-12/h3-11H,2H2,1H3,(H,17,18). The summed E-state index contributed by atoms with van der Waals surface area (Å²) in [6.45, 7) is 1.83. The molecule has 0 radical (unpaired) electrons. The van der Waals surface area contributed by atoms with Crippen LogP contribution in [0, 0.1) is 0 Å². The number of para-hydroxylation sites is 1. The second kappa shape index (κ2) is 6.52. The molecule has 0 heterocycles. The molecule has 0 bridgehead atoms. The summed E-state index contributed by atoms with van der Waals surface area (Å²) in [7, 11) is 0. The van der Waals surface area contributed by atoms with Crippen molar-refractivity contribution >= 4 is 17.6 Å². The fraction of sp³-hybridized carbons (Fsp3) is 0.125. The average Bonchev–Trinajstić information content (AvgIpc) is 2.49. The van der Waals surface area contributed by atoms with E-state index in [2.05, 4.69) is 10.1 Å². The van der Waals surface area contributed by atoms with Crippen molar-refractivity contribution in [2.45, 2.75) is 6.92 Å². The number of nitrogens with one attached hydrogen (secondary N) is 1. The van der Waals surface area contributed by atoms with E-state index in [1.807, 2.05) is 42.5 Å². The molecule has 1 amide bonds. The number of anilines is 1. The fourth-order valence-electron chi connectivity index (χ4n) is 1.83. The van der Waals surface area contributed by atoms with Gasteiger partial charge in [-0.25, -0.2) is 4.79 Å². The summed E-state index contributed by atoms with van der Waals surface area (Å²) in [6.07, 6.45) is 0. The van der Waals surface area contributed by atoms with E-state index in [1.165, 1.54) is 0 Å². The molecular formula is C16H15NO3. The van der Waals surface area contributed by atoms with Crippen molar-refractivity contribution in [3.8, 4) is 11.1 Å². The zero-order valence-corrected chi connectivity index (χ0v) is 11.1. The second-order valence-corrected chi connectivity index (χ2v) is 4.09. The van der Waals surface area contributed by atoms with Crippen molar-refractivity contribution in [1.29, 1.82) is 0 Å². The van der Waals surface area contributed by atoms with Gasteiger partial charge in [0.05, 0.1) is 6.61 Å². The molecule has 0 aliphatic carbocycles. The number of carbonyl (C=O) groups is 2. The van der Waals surface area contributed by atoms with Crippen LogP contribution >= 0.6 is 0 Å². The summed E-state index contributed by atoms with van der Waals surface area (Å²) < 4.78 is 4.67. The molecule has 0 saturated heterocycles. The third kappa shape index (κ3) is 3.23. The van der Waals surface area contributed by atoms with Crippen LogP contribution in [0.1, 0.15) is 6.92 Å². The van der Waals surface area contributed by atoms with Gasteiger partial charge in [0.2, 0.25) is 0 Å². The van der Waals surface area contributed by atoms with Crippen molar-refractivity contribution < 1.29 is 14.3 Å². The van der Waals surface area contributed by atoms with E-state index in [1.54, 1.807) is 19.1 Å². The van der Waals surface area contributed by atoms with Gasteiger partial charge in [-0.3, -0.25) is 4.79 Å². The molecule has 20 heavy (non-hydrogen) atoms. The van der Waals surface area contributed by atoms with E-state index >= 15 is 0 Å². The summed E-state index contributed by atoms with van der Waals surface area (Å²) >= 11 is 0. The summed E-state index contributed by atoms with van der Waals surface area (Å²) in [5, 5.41) is 2.58. The van der Waals surface area contributed by atoms with E-state index in [0.717, 1.165) is 11.1 Å². The molecule has 0 aliphatic rings. The molecule has 102 valence electrons. The molecule has 0 fully saturated rings. The Hall–Kier alpha value is -2.62. The van der Waals surface area contributed by atoms with Crippen LogP contribution in [-0.4, -0.2) is 18.5 Å². The first-order chi connectivity index (χ1) is 9.72. The first-order valence-electron chi connectivity index (χ1n) is 6.35. The van der Waals surface area contributed by atoms with Gasteiger partial charge < -0.3 is 10.1 Å². The monoisotopic (exact) mass is 269 g/mol. The van der Waals surface area contributed by atoms with Gasteiger partial charge in [-0.1, -0.05) is 48.5 Å². The Balaban J connectivity index is 2.25. The lowest BCUT2D eigenvalue weighted by Crippen LogP contribution is -2.25. The van der Waals surface area contributed by atoms with Crippen molar-refractivity contribution in [2.24, 2.45) is 0 Å². The topological polar surface area (TPSA) is 55.4 Å². The maximum atomic E-state index is 11.7. The van der Waals surface area contributed by atoms with Crippen LogP contribution in [0.15, 0.2) is 54.6 Å². The quantitative estimate of drug-likeness (QED) is 0.688. The van der Waals surface area contributed by atoms with Gasteiger partial charge in [0.1, 0.15) is 0 Å². The van der Waals surface area contributed by atoms with Gasteiger partial charge in [-0.05, 0) is 18.6 Å². The van der Waals surface area contributed by atoms with E-state index in [-0.39, 0.29) is 6.61 Å². The number of ether oxygens (including phenoxy) is 1. The zero-order chi connectivity index (χ0) is 14.4. The van der Waals surface area contributed by atoms with Gasteiger partial charge in [0.15, 0.2) is 0 Å². The van der Waals surface area contributed by atoms with Crippen molar-refractivity contribution in [2.75, 3.05) is 11.9 Å². The molecule has 0 aliphatic heterocycles. The Kier molecular flexibility index (Phi) is 4.50. The highest BCUT2D eigenvalue weighted by atomic mass is 16.5. The summed E-state index contributed by atoms with van der Waals surface area (Å²) in [5.41, 5.74) is 2.40. The number of carbonyl (C=O) groups excluding carboxylic acids is 2. The van der Waals surface area contributed by atoms with Gasteiger partial charge >= 0.3 is 11.9 Å². The lowest BCUT2D eigenvalue weighted by Gasteiger charge is -2.10. The largest absolute Gasteiger partial charge is 0.459 e. The normalized spacial score (nSPS) is 9.85. The van der Waals surface area contributed by atoms with Crippen LogP contribution in [0.2, 0.25) is 0 Å². The Morgan fingerprint density at radius 3 is 2.35 bits per heavy atom. The van der Waals surface area contributed by atoms with Crippen LogP contribution in [0.25, 0.3) is 11.1 Å². The van der Waals surface area contributed by atoms with Crippen molar-refractivity contribution in [1.82, 2.24) is 0 Å². The highest BCUT2D eigenvalue weighted by Gasteiger charge is 2.16. The smallest absolute Gasteiger partial charge is 0.397 e. The molecule has 2 rings (SSSR count). The predicted octanol–water partition coefficient (Wildman–Crippen LogP) is 2.86. The first-order valence-corrected chi connectivity index (χ1v) is 6.35. The van der Waals surface area contributed by atoms with E-state index in [0.29, 0.717) is 5.69 Å². The van der Waals surface area contributed by atoms with Gasteiger partial charge in [0, 0.05) is 11.3 Å². The summed E-state index contributed by atoms with van der Waals surface area (Å²) in [5.74, 6) is -1.65. The second-order valence-electron chi connectivity index (χ2n) is 4.09. The maximum Gasteiger partial charge on any atom is 0.397 e. The average molecular weight is 269 g/mol. The molecule has 0 spiro atoms. The first kappa shape index (κ1) is 13.8. The fourth-order valence-corrected chi connectivity index (χ4v) is 1.83. The third-order valence-corrected chi connectivity index (χ3v) is 2.72. The van der Waals surface area contributed by atoms with E-state index < -0.39 is 11.9 Å². The number of hydrogen-bond donors (Lipinski definition) is 1. The highest BCUT2D eigenvalue weighted by Crippen LogP contribution is 2.27. The number of esters is 1. The minimum atomic E-state index is -0.879. The Morgan fingerprint density at radius 1 is 1.00 bits per heavy atom. The van der Waals surface area contributed by atoms with Gasteiger partial charge in [0.25, 0.3) is 0 Å². The van der Waals surface area contributed by atoms with Crippen LogP contribution in [0.4, 0.5) is 5.69 Å². The predicted molar refractivity (Wildman–Crippen MR) is 77.1 cm³/mol. The van der Waals surface area contributed by atoms with Gasteiger partial charge in [-0.15, -0.1) is 0 Å². The van der Waals surface area contributed by atoms with Crippen LogP contribution < -0.4 is 5.32 Å². The zero-order valence-electron chi connectivity index (χ0n) is 11.1. The summed E-state index contributed by atoms with van der Waals surface area (Å²) in [6, 6.07) is 16.9. The molecule has 1 N–H and O–H groups in total. The third-order valence-electron chi connectivity index (χ3n) is 2.72. The Morgan fingerprint density at radius 2 is 1.65 bits per heavy atom. The van der Waals surface area contributed by atoms with Crippen LogP contribution in [0.3, 0.4) is 0 Å². The maximum absolute atomic E-state index is 11.7. The molecule has 0 unspecified atom stereocenters. The molecule has 4 nitrogen and oxygen atoms in total. The molecule has 2 aromatic rings. The molecular weight excluding hydrogens is 254 g/mol. The van der Waals surface area contributed by atoms with Crippen LogP contribution in [-0.2, 0) is 14.3 Å². The van der Waals surface area contributed by atoms with E-state index in [9.17, 15) is 9.59 Å². The number of benzene rings is 2. The van der Waals surface area contributed by atoms with Crippen LogP contribution in [0.5, 0.6) is 0 Å². The minimum absolute atomic E-state index is 0.173. The Bertz CT molecular complexity index is 608. The molecule has 0 saturated carbocycles. The lowest BCUT2D eigenvalue weighted by atomic mass is 10.0. The molecule has 0 atom stereocenters. The van der Waals surface area contributed by atoms with Gasteiger partial charge in [-0.2, -0.15) is 0 Å². The molecule has 4 heteroatoms. The molecule has 0 aromatic heterocycles.